The fraction of sp³-hybridized carbons (Fsp3) is 0.111. The number of aromatic amines is 1. The van der Waals surface area contributed by atoms with Gasteiger partial charge in [0.1, 0.15) is 0 Å². The number of para-hydroxylation sites is 3. The number of nitrogens with zero attached hydrogens (tertiary/aromatic N) is 2. The number of rotatable bonds is 3. The molecule has 3 heteroatoms. The van der Waals surface area contributed by atoms with Gasteiger partial charge in [-0.05, 0) is 71.1 Å². The summed E-state index contributed by atoms with van der Waals surface area (Å²) in [4.78, 5) is 6.26. The molecule has 1 aliphatic heterocycles. The Kier molecular flexibility index (Phi) is 5.75. The van der Waals surface area contributed by atoms with Crippen LogP contribution >= 0.6 is 0 Å². The molecular weight excluding hydrogens is 583 g/mol. The van der Waals surface area contributed by atoms with E-state index in [2.05, 4.69) is 180 Å². The molecule has 0 amide bonds. The molecule has 1 aliphatic carbocycles. The molecule has 0 saturated heterocycles. The van der Waals surface area contributed by atoms with E-state index in [1.807, 2.05) is 0 Å². The molecule has 0 saturated carbocycles. The standard InChI is InChI=1S/C45H35N3/c1-45(2)35-25-27-39-42(34-18-10-12-20-38(34)47(39)32-23-21-30(22-24-32)29-13-5-3-6-14-29)44(35)48(31-15-7-4-8-16-31)40-28-26-37-41(43(40)45)33-17-9-11-19-36(33)46-37/h3-23,25-28,32,46H,24H2,1-2H3. The zero-order chi connectivity index (χ0) is 32.0. The van der Waals surface area contributed by atoms with E-state index >= 15 is 0 Å². The van der Waals surface area contributed by atoms with Crippen LogP contribution in [0.25, 0.3) is 49.2 Å². The fourth-order valence-electron chi connectivity index (χ4n) is 8.66. The van der Waals surface area contributed by atoms with Crippen LogP contribution in [-0.4, -0.2) is 9.55 Å². The van der Waals surface area contributed by atoms with Gasteiger partial charge in [0, 0.05) is 49.2 Å². The second-order valence-corrected chi connectivity index (χ2v) is 13.8. The van der Waals surface area contributed by atoms with Crippen LogP contribution in [0.5, 0.6) is 0 Å². The minimum Gasteiger partial charge on any atom is -0.354 e. The predicted molar refractivity (Wildman–Crippen MR) is 203 cm³/mol. The van der Waals surface area contributed by atoms with Crippen molar-refractivity contribution in [2.75, 3.05) is 4.90 Å². The molecule has 0 fully saturated rings. The summed E-state index contributed by atoms with van der Waals surface area (Å²) >= 11 is 0. The lowest BCUT2D eigenvalue weighted by Crippen LogP contribution is -2.31. The molecule has 10 rings (SSSR count). The average Bonchev–Trinajstić information content (AvgIpc) is 3.68. The summed E-state index contributed by atoms with van der Waals surface area (Å²) in [6.45, 7) is 4.83. The maximum Gasteiger partial charge on any atom is 0.0602 e. The second kappa shape index (κ2) is 10.1. The summed E-state index contributed by atoms with van der Waals surface area (Å²) in [7, 11) is 0. The van der Waals surface area contributed by atoms with Crippen molar-refractivity contribution in [1.29, 1.82) is 0 Å². The van der Waals surface area contributed by atoms with Crippen molar-refractivity contribution < 1.29 is 0 Å². The lowest BCUT2D eigenvalue weighted by atomic mass is 9.71. The summed E-state index contributed by atoms with van der Waals surface area (Å²) in [5.74, 6) is 0. The van der Waals surface area contributed by atoms with Gasteiger partial charge >= 0.3 is 0 Å². The van der Waals surface area contributed by atoms with E-state index < -0.39 is 0 Å². The van der Waals surface area contributed by atoms with Gasteiger partial charge in [0.05, 0.1) is 22.9 Å². The molecule has 230 valence electrons. The Morgan fingerprint density at radius 1 is 0.646 bits per heavy atom. The molecule has 1 atom stereocenters. The van der Waals surface area contributed by atoms with E-state index in [1.54, 1.807) is 0 Å². The number of hydrogen-bond donors (Lipinski definition) is 1. The molecular formula is C45H35N3. The van der Waals surface area contributed by atoms with E-state index in [-0.39, 0.29) is 11.5 Å². The van der Waals surface area contributed by atoms with Crippen LogP contribution in [0.1, 0.15) is 43.0 Å². The number of benzene rings is 6. The molecule has 8 aromatic rings. The van der Waals surface area contributed by atoms with Crippen LogP contribution in [0, 0.1) is 0 Å². The monoisotopic (exact) mass is 617 g/mol. The third-order valence-electron chi connectivity index (χ3n) is 10.8. The number of nitrogens with one attached hydrogen (secondary N) is 1. The molecule has 6 aromatic carbocycles. The van der Waals surface area contributed by atoms with Gasteiger partial charge in [0.2, 0.25) is 0 Å². The lowest BCUT2D eigenvalue weighted by Gasteiger charge is -2.43. The minimum absolute atomic E-state index is 0.220. The molecule has 0 bridgehead atoms. The highest BCUT2D eigenvalue weighted by Crippen LogP contribution is 2.58. The van der Waals surface area contributed by atoms with Crippen molar-refractivity contribution in [2.45, 2.75) is 31.7 Å². The molecule has 3 nitrogen and oxygen atoms in total. The molecule has 48 heavy (non-hydrogen) atoms. The Morgan fingerprint density at radius 3 is 2.17 bits per heavy atom. The van der Waals surface area contributed by atoms with Crippen LogP contribution in [0.4, 0.5) is 17.1 Å². The largest absolute Gasteiger partial charge is 0.354 e. The van der Waals surface area contributed by atoms with Crippen LogP contribution < -0.4 is 4.90 Å². The average molecular weight is 618 g/mol. The number of aromatic nitrogens is 2. The molecule has 2 aromatic heterocycles. The Balaban J connectivity index is 1.26. The van der Waals surface area contributed by atoms with Gasteiger partial charge in [-0.2, -0.15) is 0 Å². The van der Waals surface area contributed by atoms with Gasteiger partial charge in [0.15, 0.2) is 0 Å². The van der Waals surface area contributed by atoms with Crippen molar-refractivity contribution in [1.82, 2.24) is 9.55 Å². The zero-order valence-electron chi connectivity index (χ0n) is 27.1. The maximum absolute atomic E-state index is 3.72. The third kappa shape index (κ3) is 3.76. The quantitative estimate of drug-likeness (QED) is 0.209. The number of hydrogen-bond acceptors (Lipinski definition) is 1. The smallest absolute Gasteiger partial charge is 0.0602 e. The Morgan fingerprint density at radius 2 is 1.38 bits per heavy atom. The summed E-state index contributed by atoms with van der Waals surface area (Å²) in [6.07, 6.45) is 8.06. The predicted octanol–water partition coefficient (Wildman–Crippen LogP) is 12.1. The van der Waals surface area contributed by atoms with Gasteiger partial charge in [-0.3, -0.25) is 0 Å². The first-order valence-electron chi connectivity index (χ1n) is 17.0. The highest BCUT2D eigenvalue weighted by molar-refractivity contribution is 6.19. The summed E-state index contributed by atoms with van der Waals surface area (Å²) in [5, 5.41) is 5.20. The van der Waals surface area contributed by atoms with E-state index in [0.717, 1.165) is 6.42 Å². The van der Waals surface area contributed by atoms with E-state index in [9.17, 15) is 0 Å². The van der Waals surface area contributed by atoms with Crippen LogP contribution in [0.15, 0.2) is 152 Å². The topological polar surface area (TPSA) is 24.0 Å². The van der Waals surface area contributed by atoms with Gasteiger partial charge in [0.25, 0.3) is 0 Å². The van der Waals surface area contributed by atoms with Crippen molar-refractivity contribution in [2.24, 2.45) is 0 Å². The summed E-state index contributed by atoms with van der Waals surface area (Å²) in [5.41, 5.74) is 13.6. The minimum atomic E-state index is -0.254. The molecule has 3 heterocycles. The third-order valence-corrected chi connectivity index (χ3v) is 10.8. The molecule has 2 aliphatic rings. The van der Waals surface area contributed by atoms with Gasteiger partial charge < -0.3 is 14.5 Å². The Bertz CT molecular complexity index is 2610. The number of H-pyrrole nitrogens is 1. The first-order chi connectivity index (χ1) is 23.6. The van der Waals surface area contributed by atoms with Crippen molar-refractivity contribution in [3.05, 3.63) is 168 Å². The van der Waals surface area contributed by atoms with E-state index in [0.29, 0.717) is 0 Å². The van der Waals surface area contributed by atoms with Crippen molar-refractivity contribution >= 4 is 66.2 Å². The van der Waals surface area contributed by atoms with Crippen LogP contribution in [0.3, 0.4) is 0 Å². The first kappa shape index (κ1) is 27.3. The Labute approximate surface area is 280 Å². The van der Waals surface area contributed by atoms with Crippen LogP contribution in [-0.2, 0) is 5.41 Å². The molecule has 1 N–H and O–H groups in total. The fourth-order valence-corrected chi connectivity index (χ4v) is 8.66. The maximum atomic E-state index is 3.72. The normalized spacial score (nSPS) is 16.8. The zero-order valence-corrected chi connectivity index (χ0v) is 27.1. The van der Waals surface area contributed by atoms with E-state index in [1.165, 1.54) is 82.9 Å². The first-order valence-corrected chi connectivity index (χ1v) is 17.0. The van der Waals surface area contributed by atoms with Gasteiger partial charge in [-0.25, -0.2) is 0 Å². The summed E-state index contributed by atoms with van der Waals surface area (Å²) < 4.78 is 2.58. The molecule has 0 spiro atoms. The van der Waals surface area contributed by atoms with Crippen molar-refractivity contribution in [3.8, 4) is 0 Å². The number of fused-ring (bicyclic) bond motifs is 10. The van der Waals surface area contributed by atoms with Crippen molar-refractivity contribution in [3.63, 3.8) is 0 Å². The summed E-state index contributed by atoms with van der Waals surface area (Å²) in [6, 6.07) is 49.0. The lowest BCUT2D eigenvalue weighted by molar-refractivity contribution is 0.637. The highest BCUT2D eigenvalue weighted by atomic mass is 15.2. The molecule has 0 radical (unpaired) electrons. The van der Waals surface area contributed by atoms with Gasteiger partial charge in [-0.15, -0.1) is 0 Å². The van der Waals surface area contributed by atoms with E-state index in [4.69, 9.17) is 0 Å². The highest BCUT2D eigenvalue weighted by Gasteiger charge is 2.41. The second-order valence-electron chi connectivity index (χ2n) is 13.8. The Hall–Kier alpha value is -5.80. The number of anilines is 3. The SMILES string of the molecule is CC1(C)c2ccc3c(c2N(c2ccccc2)c2ccc4[nH]c5ccccc5c4c21)c1ccccc1n3C1C=CC(c2ccccc2)=CC1. The molecule has 1 unspecified atom stereocenters. The van der Waals surface area contributed by atoms with Crippen LogP contribution in [0.2, 0.25) is 0 Å². The van der Waals surface area contributed by atoms with Gasteiger partial charge in [-0.1, -0.05) is 123 Å². The number of allylic oxidation sites excluding steroid dienone is 4.